The molecule has 0 spiro atoms. The van der Waals surface area contributed by atoms with Crippen molar-refractivity contribution in [3.63, 3.8) is 0 Å². The molecule has 0 amide bonds. The molecule has 0 unspecified atom stereocenters. The van der Waals surface area contributed by atoms with Gasteiger partial charge in [0.05, 0.1) is 13.7 Å². The van der Waals surface area contributed by atoms with Gasteiger partial charge in [0.1, 0.15) is 0 Å². The van der Waals surface area contributed by atoms with Gasteiger partial charge in [0.2, 0.25) is 5.88 Å². The zero-order valence-corrected chi connectivity index (χ0v) is 16.3. The summed E-state index contributed by atoms with van der Waals surface area (Å²) in [5.41, 5.74) is 1.77. The van der Waals surface area contributed by atoms with Gasteiger partial charge in [-0.2, -0.15) is 0 Å². The van der Waals surface area contributed by atoms with E-state index in [2.05, 4.69) is 30.8 Å². The van der Waals surface area contributed by atoms with E-state index in [1.54, 1.807) is 20.4 Å². The molecule has 0 bridgehead atoms. The Kier molecular flexibility index (Phi) is 6.92. The number of pyridine rings is 2. The van der Waals surface area contributed by atoms with Gasteiger partial charge in [-0.05, 0) is 18.2 Å². The average Bonchev–Trinajstić information content (AvgIpc) is 3.05. The van der Waals surface area contributed by atoms with E-state index >= 15 is 0 Å². The van der Waals surface area contributed by atoms with Gasteiger partial charge in [-0.25, -0.2) is 4.98 Å². The van der Waals surface area contributed by atoms with Crippen molar-refractivity contribution < 1.29 is 4.74 Å². The van der Waals surface area contributed by atoms with E-state index in [9.17, 15) is 0 Å². The van der Waals surface area contributed by atoms with Crippen LogP contribution in [0.2, 0.25) is 0 Å². The molecule has 3 rings (SSSR count). The summed E-state index contributed by atoms with van der Waals surface area (Å²) >= 11 is 0. The predicted molar refractivity (Wildman–Crippen MR) is 106 cm³/mol. The summed E-state index contributed by atoms with van der Waals surface area (Å²) in [5.74, 6) is 2.07. The molecule has 2 N–H and O–H groups in total. The van der Waals surface area contributed by atoms with E-state index in [0.29, 0.717) is 24.9 Å². The zero-order chi connectivity index (χ0) is 16.8. The zero-order valence-electron chi connectivity index (χ0n) is 14.0. The fourth-order valence-electron chi connectivity index (χ4n) is 2.32. The van der Waals surface area contributed by atoms with Crippen molar-refractivity contribution >= 4 is 35.6 Å². The van der Waals surface area contributed by atoms with Crippen molar-refractivity contribution in [2.45, 2.75) is 13.1 Å². The first-order valence-corrected chi connectivity index (χ1v) is 7.53. The van der Waals surface area contributed by atoms with Crippen molar-refractivity contribution in [1.29, 1.82) is 0 Å². The lowest BCUT2D eigenvalue weighted by molar-refractivity contribution is 0.392. The Morgan fingerprint density at radius 1 is 1.16 bits per heavy atom. The molecule has 0 saturated heterocycles. The Balaban J connectivity index is 0.00000225. The lowest BCUT2D eigenvalue weighted by Crippen LogP contribution is -2.36. The Bertz CT molecular complexity index is 849. The molecule has 25 heavy (non-hydrogen) atoms. The molecule has 0 fully saturated rings. The number of halogens is 1. The highest BCUT2D eigenvalue weighted by Crippen LogP contribution is 2.12. The highest BCUT2D eigenvalue weighted by molar-refractivity contribution is 14.0. The average molecular weight is 453 g/mol. The van der Waals surface area contributed by atoms with Gasteiger partial charge in [0, 0.05) is 31.5 Å². The minimum absolute atomic E-state index is 0. The topological polar surface area (TPSA) is 88.7 Å². The maximum Gasteiger partial charge on any atom is 0.218 e. The van der Waals surface area contributed by atoms with Gasteiger partial charge in [0.25, 0.3) is 0 Å². The Morgan fingerprint density at radius 3 is 2.80 bits per heavy atom. The molecule has 0 aliphatic heterocycles. The number of methoxy groups -OCH3 is 1. The van der Waals surface area contributed by atoms with Crippen LogP contribution in [0.5, 0.6) is 5.88 Å². The second-order valence-corrected chi connectivity index (χ2v) is 5.00. The Hall–Kier alpha value is -2.43. The van der Waals surface area contributed by atoms with Crippen LogP contribution in [-0.2, 0) is 13.1 Å². The number of nitrogens with one attached hydrogen (secondary N) is 2. The lowest BCUT2D eigenvalue weighted by atomic mass is 10.2. The molecular formula is C16H20IN7O. The van der Waals surface area contributed by atoms with Gasteiger partial charge < -0.3 is 15.4 Å². The molecule has 8 nitrogen and oxygen atoms in total. The number of hydrogen-bond donors (Lipinski definition) is 2. The van der Waals surface area contributed by atoms with E-state index in [1.807, 2.05) is 40.9 Å². The molecule has 3 heterocycles. The van der Waals surface area contributed by atoms with E-state index < -0.39 is 0 Å². The molecule has 0 aliphatic rings. The number of aromatic nitrogens is 4. The maximum absolute atomic E-state index is 5.25. The maximum atomic E-state index is 5.25. The summed E-state index contributed by atoms with van der Waals surface area (Å²) in [7, 11) is 3.33. The third-order valence-electron chi connectivity index (χ3n) is 3.51. The highest BCUT2D eigenvalue weighted by atomic mass is 127. The van der Waals surface area contributed by atoms with Crippen LogP contribution in [-0.4, -0.2) is 39.7 Å². The van der Waals surface area contributed by atoms with Crippen molar-refractivity contribution in [2.24, 2.45) is 4.99 Å². The second-order valence-electron chi connectivity index (χ2n) is 5.00. The van der Waals surface area contributed by atoms with Gasteiger partial charge >= 0.3 is 0 Å². The van der Waals surface area contributed by atoms with Gasteiger partial charge in [0.15, 0.2) is 17.4 Å². The SMILES string of the molecule is CN=C(NCc1cccnc1OC)NCc1nnc2ccccn12.I. The monoisotopic (exact) mass is 453 g/mol. The third kappa shape index (κ3) is 4.56. The molecule has 3 aromatic rings. The van der Waals surface area contributed by atoms with Crippen molar-refractivity contribution in [3.05, 3.63) is 54.1 Å². The first-order valence-electron chi connectivity index (χ1n) is 7.53. The van der Waals surface area contributed by atoms with Crippen LogP contribution in [0.25, 0.3) is 5.65 Å². The quantitative estimate of drug-likeness (QED) is 0.347. The minimum atomic E-state index is 0. The number of ether oxygens (including phenoxy) is 1. The van der Waals surface area contributed by atoms with Crippen LogP contribution < -0.4 is 15.4 Å². The van der Waals surface area contributed by atoms with Gasteiger partial charge in [-0.3, -0.25) is 9.39 Å². The molecule has 0 aliphatic carbocycles. The fourth-order valence-corrected chi connectivity index (χ4v) is 2.32. The Morgan fingerprint density at radius 2 is 2.00 bits per heavy atom. The van der Waals surface area contributed by atoms with E-state index in [0.717, 1.165) is 17.0 Å². The van der Waals surface area contributed by atoms with Crippen molar-refractivity contribution in [1.82, 2.24) is 30.2 Å². The summed E-state index contributed by atoms with van der Waals surface area (Å²) in [6, 6.07) is 9.62. The lowest BCUT2D eigenvalue weighted by Gasteiger charge is -2.12. The van der Waals surface area contributed by atoms with Gasteiger partial charge in [-0.15, -0.1) is 34.2 Å². The molecule has 0 saturated carbocycles. The number of guanidine groups is 1. The molecule has 0 atom stereocenters. The first-order chi connectivity index (χ1) is 11.8. The normalized spacial score (nSPS) is 11.0. The van der Waals surface area contributed by atoms with Crippen LogP contribution in [0.4, 0.5) is 0 Å². The summed E-state index contributed by atoms with van der Waals surface area (Å²) in [4.78, 5) is 8.39. The Labute approximate surface area is 162 Å². The van der Waals surface area contributed by atoms with Crippen LogP contribution >= 0.6 is 24.0 Å². The number of nitrogens with zero attached hydrogens (tertiary/aromatic N) is 5. The first kappa shape index (κ1) is 18.9. The molecular weight excluding hydrogens is 433 g/mol. The smallest absolute Gasteiger partial charge is 0.218 e. The minimum Gasteiger partial charge on any atom is -0.481 e. The second kappa shape index (κ2) is 9.16. The number of fused-ring (bicyclic) bond motifs is 1. The van der Waals surface area contributed by atoms with Crippen LogP contribution in [0, 0.1) is 0 Å². The fraction of sp³-hybridized carbons (Fsp3) is 0.250. The van der Waals surface area contributed by atoms with Gasteiger partial charge in [-0.1, -0.05) is 12.1 Å². The molecule has 9 heteroatoms. The largest absolute Gasteiger partial charge is 0.481 e. The molecule has 132 valence electrons. The van der Waals surface area contributed by atoms with Crippen LogP contribution in [0.15, 0.2) is 47.7 Å². The van der Waals surface area contributed by atoms with E-state index in [4.69, 9.17) is 4.74 Å². The number of rotatable bonds is 5. The summed E-state index contributed by atoms with van der Waals surface area (Å²) in [6.07, 6.45) is 3.63. The predicted octanol–water partition coefficient (Wildman–Crippen LogP) is 1.62. The summed E-state index contributed by atoms with van der Waals surface area (Å²) in [6.45, 7) is 1.06. The highest BCUT2D eigenvalue weighted by Gasteiger charge is 2.07. The number of hydrogen-bond acceptors (Lipinski definition) is 5. The van der Waals surface area contributed by atoms with E-state index in [-0.39, 0.29) is 24.0 Å². The molecule has 0 aromatic carbocycles. The third-order valence-corrected chi connectivity index (χ3v) is 3.51. The summed E-state index contributed by atoms with van der Waals surface area (Å²) in [5, 5.41) is 14.8. The van der Waals surface area contributed by atoms with E-state index in [1.165, 1.54) is 0 Å². The van der Waals surface area contributed by atoms with Crippen LogP contribution in [0.1, 0.15) is 11.4 Å². The van der Waals surface area contributed by atoms with Crippen LogP contribution in [0.3, 0.4) is 0 Å². The summed E-state index contributed by atoms with van der Waals surface area (Å²) < 4.78 is 7.18. The molecule has 0 radical (unpaired) electrons. The standard InChI is InChI=1S/C16H19N7O.HI/c1-17-16(19-10-12-6-5-8-18-15(12)24-2)20-11-14-22-21-13-7-3-4-9-23(13)14;/h3-9H,10-11H2,1-2H3,(H2,17,19,20);1H. The molecule has 3 aromatic heterocycles. The number of aliphatic imine (C=N–C) groups is 1. The van der Waals surface area contributed by atoms with Crippen molar-refractivity contribution in [3.8, 4) is 5.88 Å². The van der Waals surface area contributed by atoms with Crippen molar-refractivity contribution in [2.75, 3.05) is 14.2 Å².